The molecule has 1 saturated carbocycles. The number of ether oxygens (including phenoxy) is 1. The Kier molecular flexibility index (Phi) is 5.70. The Bertz CT molecular complexity index is 1290. The second-order valence-corrected chi connectivity index (χ2v) is 9.61. The van der Waals surface area contributed by atoms with Crippen molar-refractivity contribution in [1.82, 2.24) is 9.29 Å². The van der Waals surface area contributed by atoms with E-state index in [0.29, 0.717) is 11.3 Å². The number of aliphatic hydroxyl groups is 1. The number of nitrogens with one attached hydrogen (secondary N) is 2. The maximum Gasteiger partial charge on any atom is 0.276 e. The van der Waals surface area contributed by atoms with Gasteiger partial charge in [-0.1, -0.05) is 17.9 Å². The minimum Gasteiger partial charge on any atom is -0.488 e. The molecular weight excluding hydrogens is 432 g/mol. The van der Waals surface area contributed by atoms with E-state index in [-0.39, 0.29) is 28.9 Å². The molecule has 3 N–H and O–H groups in total. The number of aryl methyl sites for hydroxylation is 2. The molecule has 2 heterocycles. The summed E-state index contributed by atoms with van der Waals surface area (Å²) in [5.74, 6) is 5.16. The van der Waals surface area contributed by atoms with Crippen molar-refractivity contribution in [1.29, 1.82) is 5.26 Å². The summed E-state index contributed by atoms with van der Waals surface area (Å²) in [5, 5.41) is 22.2. The summed E-state index contributed by atoms with van der Waals surface area (Å²) in [6, 6.07) is 5.98. The molecule has 1 aromatic heterocycles. The van der Waals surface area contributed by atoms with Crippen LogP contribution in [-0.4, -0.2) is 42.8 Å². The Balaban J connectivity index is 1.61. The highest BCUT2D eigenvalue weighted by atomic mass is 32.2. The predicted octanol–water partition coefficient (Wildman–Crippen LogP) is 1.27. The van der Waals surface area contributed by atoms with E-state index < -0.39 is 28.1 Å². The van der Waals surface area contributed by atoms with Gasteiger partial charge in [-0.2, -0.15) is 5.26 Å². The largest absolute Gasteiger partial charge is 0.488 e. The molecule has 2 aliphatic rings. The monoisotopic (exact) mass is 454 g/mol. The molecule has 9 nitrogen and oxygen atoms in total. The van der Waals surface area contributed by atoms with Crippen molar-refractivity contribution < 1.29 is 23.1 Å². The molecule has 0 spiro atoms. The van der Waals surface area contributed by atoms with Gasteiger partial charge in [-0.15, -0.1) is 0 Å². The molecular formula is C22H22N4O5S. The van der Waals surface area contributed by atoms with E-state index in [1.807, 2.05) is 0 Å². The fourth-order valence-corrected chi connectivity index (χ4v) is 4.76. The van der Waals surface area contributed by atoms with E-state index in [1.54, 1.807) is 25.1 Å². The summed E-state index contributed by atoms with van der Waals surface area (Å²) in [5.41, 5.74) is 1.59. The first-order valence-corrected chi connectivity index (χ1v) is 11.5. The first kappa shape index (κ1) is 21.9. The lowest BCUT2D eigenvalue weighted by molar-refractivity contribution is 0.101. The van der Waals surface area contributed by atoms with E-state index >= 15 is 0 Å². The second kappa shape index (κ2) is 8.32. The number of nitriles is 1. The van der Waals surface area contributed by atoms with Gasteiger partial charge in [0, 0.05) is 24.8 Å². The van der Waals surface area contributed by atoms with Gasteiger partial charge in [0.25, 0.3) is 5.91 Å². The van der Waals surface area contributed by atoms with Crippen LogP contribution in [0.15, 0.2) is 29.3 Å². The summed E-state index contributed by atoms with van der Waals surface area (Å²) >= 11 is 0. The molecule has 1 aromatic carbocycles. The van der Waals surface area contributed by atoms with Crippen molar-refractivity contribution in [2.75, 3.05) is 11.9 Å². The first-order chi connectivity index (χ1) is 15.2. The van der Waals surface area contributed by atoms with E-state index in [4.69, 9.17) is 4.74 Å². The zero-order chi connectivity index (χ0) is 23.0. The van der Waals surface area contributed by atoms with Crippen LogP contribution in [0.3, 0.4) is 0 Å². The Morgan fingerprint density at radius 1 is 1.41 bits per heavy atom. The molecule has 1 aliphatic carbocycles. The third-order valence-electron chi connectivity index (χ3n) is 5.33. The topological polar surface area (TPSA) is 133 Å². The fourth-order valence-electron chi connectivity index (χ4n) is 3.34. The SMILES string of the molecule is Cc1ccc(NC(=O)c2c3c(cn2C)S(=O)(=O)N[C@@H]([C@H](O)C#CC2CC2)CO3)cc1C#N. The van der Waals surface area contributed by atoms with Gasteiger partial charge >= 0.3 is 0 Å². The third kappa shape index (κ3) is 4.34. The highest BCUT2D eigenvalue weighted by Gasteiger charge is 2.36. The van der Waals surface area contributed by atoms with Gasteiger partial charge in [-0.05, 0) is 37.5 Å². The van der Waals surface area contributed by atoms with Gasteiger partial charge < -0.3 is 19.7 Å². The normalized spacial score (nSPS) is 19.9. The summed E-state index contributed by atoms with van der Waals surface area (Å²) in [4.78, 5) is 12.8. The highest BCUT2D eigenvalue weighted by Crippen LogP contribution is 2.33. The van der Waals surface area contributed by atoms with Gasteiger partial charge in [0.05, 0.1) is 17.7 Å². The minimum absolute atomic E-state index is 0.00339. The third-order valence-corrected chi connectivity index (χ3v) is 6.81. The summed E-state index contributed by atoms with van der Waals surface area (Å²) in [6.07, 6.45) is 2.01. The molecule has 1 aliphatic heterocycles. The number of rotatable bonds is 3. The molecule has 2 atom stereocenters. The molecule has 166 valence electrons. The number of sulfonamides is 1. The molecule has 10 heteroatoms. The number of carbonyl (C=O) groups is 1. The number of hydrogen-bond acceptors (Lipinski definition) is 6. The molecule has 0 unspecified atom stereocenters. The van der Waals surface area contributed by atoms with E-state index in [1.165, 1.54) is 17.8 Å². The predicted molar refractivity (Wildman–Crippen MR) is 115 cm³/mol. The van der Waals surface area contributed by atoms with Crippen LogP contribution < -0.4 is 14.8 Å². The van der Waals surface area contributed by atoms with E-state index in [2.05, 4.69) is 27.9 Å². The van der Waals surface area contributed by atoms with Crippen LogP contribution in [0.4, 0.5) is 5.69 Å². The van der Waals surface area contributed by atoms with Gasteiger partial charge in [-0.3, -0.25) is 4.79 Å². The maximum absolute atomic E-state index is 13.0. The standard InChI is InChI=1S/C22H22N4O5S/c1-13-3-7-16(9-15(13)10-23)24-22(28)20-21-19(11-26(20)2)32(29,30)25-17(12-31-21)18(27)8-6-14-4-5-14/h3,7,9,11,14,17-18,25,27H,4-5,12H2,1-2H3,(H,24,28)/t17-,18-/m1/s1. The Morgan fingerprint density at radius 2 is 2.16 bits per heavy atom. The smallest absolute Gasteiger partial charge is 0.276 e. The summed E-state index contributed by atoms with van der Waals surface area (Å²) in [7, 11) is -2.53. The first-order valence-electron chi connectivity index (χ1n) is 10.1. The number of anilines is 1. The number of fused-ring (bicyclic) bond motifs is 1. The number of carbonyl (C=O) groups excluding carboxylic acids is 1. The number of benzene rings is 1. The molecule has 0 radical (unpaired) electrons. The number of nitrogens with zero attached hydrogens (tertiary/aromatic N) is 2. The summed E-state index contributed by atoms with van der Waals surface area (Å²) < 4.78 is 35.3. The fraction of sp³-hybridized carbons (Fsp3) is 0.364. The van der Waals surface area contributed by atoms with Gasteiger partial charge in [0.2, 0.25) is 10.0 Å². The number of hydrogen-bond donors (Lipinski definition) is 3. The van der Waals surface area contributed by atoms with Crippen LogP contribution in [0.25, 0.3) is 0 Å². The number of aromatic nitrogens is 1. The van der Waals surface area contributed by atoms with Gasteiger partial charge in [0.1, 0.15) is 17.6 Å². The molecule has 2 aromatic rings. The molecule has 4 rings (SSSR count). The van der Waals surface area contributed by atoms with Crippen LogP contribution in [0.1, 0.15) is 34.5 Å². The van der Waals surface area contributed by atoms with Crippen molar-refractivity contribution in [3.05, 3.63) is 41.2 Å². The van der Waals surface area contributed by atoms with E-state index in [9.17, 15) is 23.6 Å². The Hall–Kier alpha value is -3.31. The lowest BCUT2D eigenvalue weighted by atomic mass is 10.1. The molecule has 32 heavy (non-hydrogen) atoms. The van der Waals surface area contributed by atoms with Gasteiger partial charge in [-0.25, -0.2) is 13.1 Å². The quantitative estimate of drug-likeness (QED) is 0.598. The van der Waals surface area contributed by atoms with Crippen molar-refractivity contribution >= 4 is 21.6 Å². The van der Waals surface area contributed by atoms with Crippen LogP contribution in [0.2, 0.25) is 0 Å². The minimum atomic E-state index is -4.07. The van der Waals surface area contributed by atoms with Crippen LogP contribution in [0.5, 0.6) is 5.75 Å². The van der Waals surface area contributed by atoms with Crippen molar-refractivity contribution in [2.45, 2.75) is 36.8 Å². The van der Waals surface area contributed by atoms with Crippen LogP contribution in [0, 0.1) is 36.0 Å². The summed E-state index contributed by atoms with van der Waals surface area (Å²) in [6.45, 7) is 1.59. The lowest BCUT2D eigenvalue weighted by Crippen LogP contribution is -2.45. The molecule has 1 amide bonds. The molecule has 0 saturated heterocycles. The highest BCUT2D eigenvalue weighted by molar-refractivity contribution is 7.89. The van der Waals surface area contributed by atoms with E-state index in [0.717, 1.165) is 18.4 Å². The Labute approximate surface area is 186 Å². The lowest BCUT2D eigenvalue weighted by Gasteiger charge is -2.17. The number of aliphatic hydroxyl groups excluding tert-OH is 1. The average molecular weight is 455 g/mol. The maximum atomic E-state index is 13.0. The molecule has 0 bridgehead atoms. The zero-order valence-electron chi connectivity index (χ0n) is 17.5. The molecule has 1 fully saturated rings. The van der Waals surface area contributed by atoms with Gasteiger partial charge in [0.15, 0.2) is 11.4 Å². The van der Waals surface area contributed by atoms with Crippen LogP contribution in [-0.2, 0) is 17.1 Å². The van der Waals surface area contributed by atoms with Crippen molar-refractivity contribution in [3.63, 3.8) is 0 Å². The second-order valence-electron chi connectivity index (χ2n) is 7.92. The van der Waals surface area contributed by atoms with Crippen molar-refractivity contribution in [2.24, 2.45) is 13.0 Å². The number of amides is 1. The zero-order valence-corrected chi connectivity index (χ0v) is 18.4. The average Bonchev–Trinajstić information content (AvgIpc) is 3.52. The Morgan fingerprint density at radius 3 is 2.84 bits per heavy atom. The van der Waals surface area contributed by atoms with Crippen molar-refractivity contribution in [3.8, 4) is 23.7 Å². The van der Waals surface area contributed by atoms with Crippen LogP contribution >= 0.6 is 0 Å².